The van der Waals surface area contributed by atoms with Gasteiger partial charge in [0.1, 0.15) is 0 Å². The first-order chi connectivity index (χ1) is 5.18. The Kier molecular flexibility index (Phi) is 5.55. The molecule has 0 radical (unpaired) electrons. The van der Waals surface area contributed by atoms with Gasteiger partial charge in [-0.05, 0) is 6.42 Å². The molecule has 0 rings (SSSR count). The maximum Gasteiger partial charge on any atom is 0.339 e. The van der Waals surface area contributed by atoms with Crippen molar-refractivity contribution in [2.24, 2.45) is 0 Å². The molecular formula is C8H15ClOSi. The summed E-state index contributed by atoms with van der Waals surface area (Å²) < 4.78 is 5.44. The highest BCUT2D eigenvalue weighted by Gasteiger charge is 2.23. The van der Waals surface area contributed by atoms with Gasteiger partial charge in [0.25, 0.3) is 0 Å². The molecule has 0 N–H and O–H groups in total. The molecule has 0 saturated heterocycles. The van der Waals surface area contributed by atoms with Crippen molar-refractivity contribution in [3.05, 3.63) is 24.6 Å². The molecule has 0 aromatic heterocycles. The third-order valence-corrected chi connectivity index (χ3v) is 4.39. The molecule has 0 aliphatic rings. The number of unbranched alkanes of at least 4 members (excludes halogenated alkanes) is 1. The maximum atomic E-state index is 6.02. The van der Waals surface area contributed by atoms with E-state index in [-0.39, 0.29) is 0 Å². The Bertz CT molecular complexity index is 128. The van der Waals surface area contributed by atoms with Crippen molar-refractivity contribution >= 4 is 18.7 Å². The standard InChI is InChI=1S/C8H15ClOSi/c1-4-7-8-10-11(9,5-2)6-3/h5-6H,2-4,7-8H2,1H3. The van der Waals surface area contributed by atoms with Gasteiger partial charge in [0.15, 0.2) is 0 Å². The Labute approximate surface area is 74.5 Å². The van der Waals surface area contributed by atoms with Crippen molar-refractivity contribution in [3.63, 3.8) is 0 Å². The van der Waals surface area contributed by atoms with Crippen LogP contribution < -0.4 is 0 Å². The molecule has 0 aromatic carbocycles. The minimum Gasteiger partial charge on any atom is -0.397 e. The zero-order valence-corrected chi connectivity index (χ0v) is 8.73. The normalized spacial score (nSPS) is 11.1. The molecule has 1 nitrogen and oxygen atoms in total. The van der Waals surface area contributed by atoms with E-state index < -0.39 is 7.63 Å². The third kappa shape index (κ3) is 4.40. The Hall–Kier alpha value is -0.0531. The molecule has 0 aliphatic heterocycles. The summed E-state index contributed by atoms with van der Waals surface area (Å²) in [7, 11) is -2.23. The van der Waals surface area contributed by atoms with Crippen LogP contribution in [0.2, 0.25) is 0 Å². The molecule has 0 spiro atoms. The van der Waals surface area contributed by atoms with Crippen molar-refractivity contribution < 1.29 is 4.43 Å². The van der Waals surface area contributed by atoms with Crippen LogP contribution in [0.15, 0.2) is 24.6 Å². The van der Waals surface area contributed by atoms with Crippen molar-refractivity contribution in [3.8, 4) is 0 Å². The van der Waals surface area contributed by atoms with Gasteiger partial charge in [-0.1, -0.05) is 24.7 Å². The number of halogens is 1. The second-order valence-corrected chi connectivity index (χ2v) is 6.58. The van der Waals surface area contributed by atoms with Gasteiger partial charge < -0.3 is 4.43 Å². The second-order valence-electron chi connectivity index (χ2n) is 2.31. The number of rotatable bonds is 6. The Morgan fingerprint density at radius 1 is 1.45 bits per heavy atom. The van der Waals surface area contributed by atoms with Crippen LogP contribution in [0.5, 0.6) is 0 Å². The smallest absolute Gasteiger partial charge is 0.339 e. The van der Waals surface area contributed by atoms with E-state index >= 15 is 0 Å². The molecule has 0 heterocycles. The molecule has 0 amide bonds. The summed E-state index contributed by atoms with van der Waals surface area (Å²) >= 11 is 6.02. The zero-order valence-electron chi connectivity index (χ0n) is 6.98. The Morgan fingerprint density at radius 3 is 2.36 bits per heavy atom. The van der Waals surface area contributed by atoms with Gasteiger partial charge in [-0.15, -0.1) is 24.2 Å². The molecule has 0 atom stereocenters. The van der Waals surface area contributed by atoms with Crippen LogP contribution >= 0.6 is 11.1 Å². The SMILES string of the molecule is C=C[Si](Cl)(C=C)OCCCC. The van der Waals surface area contributed by atoms with Crippen LogP contribution in [0.3, 0.4) is 0 Å². The minimum absolute atomic E-state index is 0.713. The largest absolute Gasteiger partial charge is 0.397 e. The fourth-order valence-electron chi connectivity index (χ4n) is 0.574. The van der Waals surface area contributed by atoms with Gasteiger partial charge in [-0.25, -0.2) is 0 Å². The molecule has 0 aliphatic carbocycles. The van der Waals surface area contributed by atoms with E-state index in [4.69, 9.17) is 15.5 Å². The van der Waals surface area contributed by atoms with Gasteiger partial charge in [0.05, 0.1) is 0 Å². The molecule has 0 saturated carbocycles. The van der Waals surface area contributed by atoms with Gasteiger partial charge in [-0.3, -0.25) is 0 Å². The summed E-state index contributed by atoms with van der Waals surface area (Å²) in [6, 6.07) is 0. The molecule has 64 valence electrons. The fraction of sp³-hybridized carbons (Fsp3) is 0.500. The van der Waals surface area contributed by atoms with E-state index in [0.29, 0.717) is 6.61 Å². The first-order valence-electron chi connectivity index (χ1n) is 3.78. The van der Waals surface area contributed by atoms with E-state index in [1.54, 1.807) is 11.4 Å². The monoisotopic (exact) mass is 190 g/mol. The lowest BCUT2D eigenvalue weighted by atomic mass is 10.4. The van der Waals surface area contributed by atoms with Crippen LogP contribution in [-0.4, -0.2) is 14.2 Å². The summed E-state index contributed by atoms with van der Waals surface area (Å²) in [4.78, 5) is 0. The van der Waals surface area contributed by atoms with Crippen LogP contribution in [0.4, 0.5) is 0 Å². The van der Waals surface area contributed by atoms with Crippen LogP contribution in [0.25, 0.3) is 0 Å². The van der Waals surface area contributed by atoms with Crippen LogP contribution in [0, 0.1) is 0 Å². The zero-order chi connectivity index (χ0) is 8.74. The minimum atomic E-state index is -2.23. The fourth-order valence-corrected chi connectivity index (χ4v) is 1.67. The van der Waals surface area contributed by atoms with Crippen LogP contribution in [0.1, 0.15) is 19.8 Å². The lowest BCUT2D eigenvalue weighted by molar-refractivity contribution is 0.317. The summed E-state index contributed by atoms with van der Waals surface area (Å²) in [5.74, 6) is 0. The molecule has 11 heavy (non-hydrogen) atoms. The quantitative estimate of drug-likeness (QED) is 0.356. The van der Waals surface area contributed by atoms with E-state index in [9.17, 15) is 0 Å². The molecule has 0 bridgehead atoms. The van der Waals surface area contributed by atoms with Gasteiger partial charge in [0, 0.05) is 6.61 Å². The van der Waals surface area contributed by atoms with Crippen molar-refractivity contribution in [2.75, 3.05) is 6.61 Å². The highest BCUT2D eigenvalue weighted by atomic mass is 35.6. The lowest BCUT2D eigenvalue weighted by Crippen LogP contribution is -2.27. The molecular weight excluding hydrogens is 176 g/mol. The molecule has 0 fully saturated rings. The first-order valence-corrected chi connectivity index (χ1v) is 6.86. The summed E-state index contributed by atoms with van der Waals surface area (Å²) in [6.45, 7) is 10.1. The Morgan fingerprint density at radius 2 is 2.00 bits per heavy atom. The van der Waals surface area contributed by atoms with E-state index in [2.05, 4.69) is 20.1 Å². The van der Waals surface area contributed by atoms with Gasteiger partial charge in [-0.2, -0.15) is 0 Å². The average Bonchev–Trinajstić information content (AvgIpc) is 2.05. The predicted molar refractivity (Wildman–Crippen MR) is 52.9 cm³/mol. The van der Waals surface area contributed by atoms with Crippen molar-refractivity contribution in [1.82, 2.24) is 0 Å². The summed E-state index contributed by atoms with van der Waals surface area (Å²) in [6.07, 6.45) is 2.17. The highest BCUT2D eigenvalue weighted by Crippen LogP contribution is 2.13. The molecule has 0 unspecified atom stereocenters. The Balaban J connectivity index is 3.69. The maximum absolute atomic E-state index is 6.02. The predicted octanol–water partition coefficient (Wildman–Crippen LogP) is 2.93. The van der Waals surface area contributed by atoms with Crippen LogP contribution in [-0.2, 0) is 4.43 Å². The van der Waals surface area contributed by atoms with Crippen molar-refractivity contribution in [1.29, 1.82) is 0 Å². The number of hydrogen-bond acceptors (Lipinski definition) is 1. The van der Waals surface area contributed by atoms with E-state index in [0.717, 1.165) is 12.8 Å². The topological polar surface area (TPSA) is 9.23 Å². The third-order valence-electron chi connectivity index (χ3n) is 1.38. The highest BCUT2D eigenvalue weighted by molar-refractivity contribution is 7.22. The number of hydrogen-bond donors (Lipinski definition) is 0. The second kappa shape index (κ2) is 5.58. The molecule has 3 heteroatoms. The van der Waals surface area contributed by atoms with Gasteiger partial charge >= 0.3 is 7.63 Å². The van der Waals surface area contributed by atoms with Crippen molar-refractivity contribution in [2.45, 2.75) is 19.8 Å². The summed E-state index contributed by atoms with van der Waals surface area (Å²) in [5.41, 5.74) is 3.36. The summed E-state index contributed by atoms with van der Waals surface area (Å²) in [5, 5.41) is 0. The molecule has 0 aromatic rings. The van der Waals surface area contributed by atoms with E-state index in [1.807, 2.05) is 0 Å². The van der Waals surface area contributed by atoms with E-state index in [1.165, 1.54) is 0 Å². The lowest BCUT2D eigenvalue weighted by Gasteiger charge is -2.15. The first kappa shape index (κ1) is 10.9. The van der Waals surface area contributed by atoms with Gasteiger partial charge in [0.2, 0.25) is 0 Å². The average molecular weight is 191 g/mol.